The zero-order valence-electron chi connectivity index (χ0n) is 8.55. The van der Waals surface area contributed by atoms with Crippen molar-refractivity contribution in [2.45, 2.75) is 6.04 Å². The fourth-order valence-corrected chi connectivity index (χ4v) is 1.61. The van der Waals surface area contributed by atoms with Crippen LogP contribution in [0.3, 0.4) is 0 Å². The fraction of sp³-hybridized carbons (Fsp3) is 0.400. The summed E-state index contributed by atoms with van der Waals surface area (Å²) in [6.45, 7) is 2.10. The average molecular weight is 221 g/mol. The van der Waals surface area contributed by atoms with Crippen molar-refractivity contribution >= 4 is 0 Å². The third-order valence-corrected chi connectivity index (χ3v) is 2.44. The summed E-state index contributed by atoms with van der Waals surface area (Å²) in [7, 11) is 0. The van der Waals surface area contributed by atoms with Crippen LogP contribution in [0.5, 0.6) is 0 Å². The molecule has 1 aliphatic rings. The van der Waals surface area contributed by atoms with Crippen molar-refractivity contribution < 1.29 is 13.7 Å². The molecule has 3 heterocycles. The quantitative estimate of drug-likeness (QED) is 0.815. The van der Waals surface area contributed by atoms with Gasteiger partial charge in [-0.15, -0.1) is 0 Å². The Hall–Kier alpha value is -1.66. The van der Waals surface area contributed by atoms with E-state index >= 15 is 0 Å². The third kappa shape index (κ3) is 1.72. The van der Waals surface area contributed by atoms with Gasteiger partial charge < -0.3 is 19.0 Å². The van der Waals surface area contributed by atoms with Crippen LogP contribution in [0, 0.1) is 0 Å². The number of ether oxygens (including phenoxy) is 1. The highest BCUT2D eigenvalue weighted by molar-refractivity contribution is 5.49. The van der Waals surface area contributed by atoms with Gasteiger partial charge in [-0.05, 0) is 6.07 Å². The van der Waals surface area contributed by atoms with Crippen LogP contribution in [0.25, 0.3) is 11.5 Å². The highest BCUT2D eigenvalue weighted by Gasteiger charge is 2.21. The average Bonchev–Trinajstić information content (AvgIpc) is 3.01. The van der Waals surface area contributed by atoms with Crippen LogP contribution in [0.15, 0.2) is 27.5 Å². The SMILES string of the molecule is c1cc(-c2nc(C3COCCN3)no2)co1. The van der Waals surface area contributed by atoms with E-state index in [4.69, 9.17) is 13.7 Å². The molecule has 0 amide bonds. The first-order chi connectivity index (χ1) is 7.93. The van der Waals surface area contributed by atoms with Crippen molar-refractivity contribution in [2.24, 2.45) is 0 Å². The predicted octanol–water partition coefficient (Wildman–Crippen LogP) is 0.990. The van der Waals surface area contributed by atoms with Gasteiger partial charge in [-0.2, -0.15) is 4.98 Å². The largest absolute Gasteiger partial charge is 0.472 e. The number of rotatable bonds is 2. The smallest absolute Gasteiger partial charge is 0.261 e. The number of morpholine rings is 1. The van der Waals surface area contributed by atoms with Crippen LogP contribution in [-0.2, 0) is 4.74 Å². The molecule has 0 bridgehead atoms. The second-order valence-electron chi connectivity index (χ2n) is 3.55. The van der Waals surface area contributed by atoms with Gasteiger partial charge in [0.2, 0.25) is 0 Å². The van der Waals surface area contributed by atoms with Crippen LogP contribution in [0.1, 0.15) is 11.9 Å². The Morgan fingerprint density at radius 2 is 2.44 bits per heavy atom. The lowest BCUT2D eigenvalue weighted by Crippen LogP contribution is -2.35. The molecule has 1 unspecified atom stereocenters. The number of hydrogen-bond donors (Lipinski definition) is 1. The first-order valence-corrected chi connectivity index (χ1v) is 5.11. The first kappa shape index (κ1) is 9.56. The van der Waals surface area contributed by atoms with Crippen LogP contribution >= 0.6 is 0 Å². The van der Waals surface area contributed by atoms with Crippen LogP contribution in [-0.4, -0.2) is 29.9 Å². The summed E-state index contributed by atoms with van der Waals surface area (Å²) in [4.78, 5) is 4.30. The number of nitrogens with one attached hydrogen (secondary N) is 1. The standard InChI is InChI=1S/C10H11N3O3/c1-3-14-5-7(1)10-12-9(13-16-10)8-6-15-4-2-11-8/h1,3,5,8,11H,2,4,6H2. The lowest BCUT2D eigenvalue weighted by atomic mass is 10.2. The minimum atomic E-state index is 0.0122. The van der Waals surface area contributed by atoms with E-state index in [1.54, 1.807) is 18.6 Å². The summed E-state index contributed by atoms with van der Waals surface area (Å²) in [6.07, 6.45) is 3.14. The predicted molar refractivity (Wildman–Crippen MR) is 53.6 cm³/mol. The molecule has 6 heteroatoms. The fourth-order valence-electron chi connectivity index (χ4n) is 1.61. The van der Waals surface area contributed by atoms with E-state index in [1.165, 1.54) is 0 Å². The molecule has 1 atom stereocenters. The monoisotopic (exact) mass is 221 g/mol. The van der Waals surface area contributed by atoms with Crippen molar-refractivity contribution in [1.82, 2.24) is 15.5 Å². The molecular weight excluding hydrogens is 210 g/mol. The Morgan fingerprint density at radius 1 is 1.44 bits per heavy atom. The Kier molecular flexibility index (Phi) is 2.43. The zero-order valence-corrected chi connectivity index (χ0v) is 8.55. The van der Waals surface area contributed by atoms with Gasteiger partial charge in [0, 0.05) is 6.54 Å². The molecule has 1 saturated heterocycles. The summed E-state index contributed by atoms with van der Waals surface area (Å²) in [5, 5.41) is 7.19. The van der Waals surface area contributed by atoms with Gasteiger partial charge in [0.25, 0.3) is 5.89 Å². The number of hydrogen-bond acceptors (Lipinski definition) is 6. The minimum absolute atomic E-state index is 0.0122. The summed E-state index contributed by atoms with van der Waals surface area (Å²) >= 11 is 0. The highest BCUT2D eigenvalue weighted by atomic mass is 16.5. The minimum Gasteiger partial charge on any atom is -0.472 e. The van der Waals surface area contributed by atoms with Gasteiger partial charge in [-0.25, -0.2) is 0 Å². The van der Waals surface area contributed by atoms with Gasteiger partial charge in [0.1, 0.15) is 6.26 Å². The van der Waals surface area contributed by atoms with Gasteiger partial charge in [0.15, 0.2) is 5.82 Å². The van der Waals surface area contributed by atoms with Crippen molar-refractivity contribution in [3.05, 3.63) is 24.4 Å². The summed E-state index contributed by atoms with van der Waals surface area (Å²) < 4.78 is 15.4. The van der Waals surface area contributed by atoms with Crippen molar-refractivity contribution in [1.29, 1.82) is 0 Å². The van der Waals surface area contributed by atoms with E-state index in [-0.39, 0.29) is 6.04 Å². The molecule has 0 radical (unpaired) electrons. The molecule has 16 heavy (non-hydrogen) atoms. The molecule has 0 spiro atoms. The Labute approximate surface area is 91.6 Å². The van der Waals surface area contributed by atoms with E-state index < -0.39 is 0 Å². The van der Waals surface area contributed by atoms with Crippen LogP contribution in [0.4, 0.5) is 0 Å². The van der Waals surface area contributed by atoms with Gasteiger partial charge in [-0.1, -0.05) is 5.16 Å². The first-order valence-electron chi connectivity index (χ1n) is 5.11. The second kappa shape index (κ2) is 4.07. The maximum Gasteiger partial charge on any atom is 0.261 e. The van der Waals surface area contributed by atoms with Gasteiger partial charge >= 0.3 is 0 Å². The van der Waals surface area contributed by atoms with Crippen molar-refractivity contribution in [3.63, 3.8) is 0 Å². The van der Waals surface area contributed by atoms with E-state index in [2.05, 4.69) is 15.5 Å². The summed E-state index contributed by atoms with van der Waals surface area (Å²) in [5.74, 6) is 1.09. The normalized spacial score (nSPS) is 21.1. The zero-order chi connectivity index (χ0) is 10.8. The molecule has 0 aliphatic carbocycles. The van der Waals surface area contributed by atoms with Crippen LogP contribution < -0.4 is 5.32 Å². The Bertz CT molecular complexity index is 446. The molecule has 0 aromatic carbocycles. The van der Waals surface area contributed by atoms with E-state index in [9.17, 15) is 0 Å². The molecule has 1 fully saturated rings. The number of furan rings is 1. The van der Waals surface area contributed by atoms with Gasteiger partial charge in [-0.3, -0.25) is 0 Å². The van der Waals surface area contributed by atoms with Crippen molar-refractivity contribution in [3.8, 4) is 11.5 Å². The molecule has 1 N–H and O–H groups in total. The van der Waals surface area contributed by atoms with E-state index in [1.807, 2.05) is 0 Å². The second-order valence-corrected chi connectivity index (χ2v) is 3.55. The molecule has 2 aromatic rings. The molecule has 84 valence electrons. The Morgan fingerprint density at radius 3 is 3.19 bits per heavy atom. The molecule has 6 nitrogen and oxygen atoms in total. The molecule has 3 rings (SSSR count). The summed E-state index contributed by atoms with van der Waals surface area (Å²) in [5.41, 5.74) is 0.787. The number of aromatic nitrogens is 2. The maximum absolute atomic E-state index is 5.33. The van der Waals surface area contributed by atoms with E-state index in [0.29, 0.717) is 18.3 Å². The lowest BCUT2D eigenvalue weighted by Gasteiger charge is -2.20. The molecule has 2 aromatic heterocycles. The molecule has 0 saturated carbocycles. The third-order valence-electron chi connectivity index (χ3n) is 2.44. The van der Waals surface area contributed by atoms with E-state index in [0.717, 1.165) is 18.7 Å². The summed E-state index contributed by atoms with van der Waals surface area (Å²) in [6, 6.07) is 1.79. The molecule has 1 aliphatic heterocycles. The highest BCUT2D eigenvalue weighted by Crippen LogP contribution is 2.20. The van der Waals surface area contributed by atoms with Gasteiger partial charge in [0.05, 0.1) is 31.1 Å². The van der Waals surface area contributed by atoms with Crippen molar-refractivity contribution in [2.75, 3.05) is 19.8 Å². The topological polar surface area (TPSA) is 73.3 Å². The maximum atomic E-state index is 5.33. The Balaban J connectivity index is 1.82. The number of nitrogens with zero attached hydrogens (tertiary/aromatic N) is 2. The van der Waals surface area contributed by atoms with Crippen LogP contribution in [0.2, 0.25) is 0 Å². The molecular formula is C10H11N3O3. The lowest BCUT2D eigenvalue weighted by molar-refractivity contribution is 0.0734.